The van der Waals surface area contributed by atoms with Gasteiger partial charge in [0.2, 0.25) is 0 Å². The number of fused-ring (bicyclic) bond motifs is 1. The maximum atomic E-state index is 5.64. The molecular weight excluding hydrogens is 408 g/mol. The number of para-hydroxylation sites is 1. The summed E-state index contributed by atoms with van der Waals surface area (Å²) in [6, 6.07) is 13.1. The van der Waals surface area contributed by atoms with Crippen molar-refractivity contribution < 1.29 is 4.74 Å². The fourth-order valence-corrected chi connectivity index (χ4v) is 5.09. The van der Waals surface area contributed by atoms with Crippen molar-refractivity contribution in [3.63, 3.8) is 0 Å². The number of nitrogens with zero attached hydrogens (tertiary/aromatic N) is 3. The molecule has 1 N–H and O–H groups in total. The molecule has 174 valence electrons. The molecule has 5 nitrogen and oxygen atoms in total. The third kappa shape index (κ3) is 4.70. The van der Waals surface area contributed by atoms with Crippen LogP contribution in [0.2, 0.25) is 0 Å². The Morgan fingerprint density at radius 3 is 2.55 bits per heavy atom. The predicted octanol–water partition coefficient (Wildman–Crippen LogP) is 5.71. The van der Waals surface area contributed by atoms with Gasteiger partial charge in [0, 0.05) is 30.9 Å². The molecule has 2 aromatic carbocycles. The summed E-state index contributed by atoms with van der Waals surface area (Å²) in [6.07, 6.45) is 5.81. The Kier molecular flexibility index (Phi) is 6.50. The van der Waals surface area contributed by atoms with Crippen molar-refractivity contribution in [2.45, 2.75) is 64.3 Å². The SMILES string of the molecule is CCCNCc1cc2c(N3CCC(c4ccccc4OC)CC3)nc(C3CC3)nc2cc1C. The highest BCUT2D eigenvalue weighted by molar-refractivity contribution is 5.91. The monoisotopic (exact) mass is 444 g/mol. The number of rotatable bonds is 8. The van der Waals surface area contributed by atoms with Crippen LogP contribution in [-0.4, -0.2) is 36.7 Å². The summed E-state index contributed by atoms with van der Waals surface area (Å²) in [6.45, 7) is 8.37. The van der Waals surface area contributed by atoms with Crippen LogP contribution in [0.4, 0.5) is 5.82 Å². The molecule has 2 heterocycles. The van der Waals surface area contributed by atoms with E-state index in [0.717, 1.165) is 68.3 Å². The lowest BCUT2D eigenvalue weighted by atomic mass is 9.88. The van der Waals surface area contributed by atoms with Gasteiger partial charge in [0.25, 0.3) is 0 Å². The second-order valence-corrected chi connectivity index (χ2v) is 9.66. The lowest BCUT2D eigenvalue weighted by Gasteiger charge is -2.34. The Morgan fingerprint density at radius 1 is 1.03 bits per heavy atom. The molecule has 0 bridgehead atoms. The Hall–Kier alpha value is -2.66. The fraction of sp³-hybridized carbons (Fsp3) is 0.500. The van der Waals surface area contributed by atoms with Gasteiger partial charge in [-0.3, -0.25) is 0 Å². The van der Waals surface area contributed by atoms with Gasteiger partial charge in [-0.2, -0.15) is 0 Å². The summed E-state index contributed by atoms with van der Waals surface area (Å²) < 4.78 is 5.64. The van der Waals surface area contributed by atoms with Crippen molar-refractivity contribution in [2.24, 2.45) is 0 Å². The average Bonchev–Trinajstić information content (AvgIpc) is 3.70. The number of nitrogens with one attached hydrogen (secondary N) is 1. The number of methoxy groups -OCH3 is 1. The fourth-order valence-electron chi connectivity index (χ4n) is 5.09. The number of aromatic nitrogens is 2. The molecule has 2 fully saturated rings. The standard InChI is InChI=1S/C28H36N4O/c1-4-13-29-18-22-17-24-25(16-19(22)2)30-27(21-9-10-21)31-28(24)32-14-11-20(12-15-32)23-7-5-6-8-26(23)33-3/h5-8,16-17,20-21,29H,4,9-15,18H2,1-3H3. The van der Waals surface area contributed by atoms with Crippen LogP contribution in [0, 0.1) is 6.92 Å². The van der Waals surface area contributed by atoms with E-state index in [9.17, 15) is 0 Å². The van der Waals surface area contributed by atoms with E-state index in [1.54, 1.807) is 7.11 Å². The van der Waals surface area contributed by atoms with Crippen molar-refractivity contribution in [1.82, 2.24) is 15.3 Å². The topological polar surface area (TPSA) is 50.3 Å². The van der Waals surface area contributed by atoms with Crippen molar-refractivity contribution in [3.8, 4) is 5.75 Å². The van der Waals surface area contributed by atoms with Gasteiger partial charge in [0.15, 0.2) is 0 Å². The molecule has 0 atom stereocenters. The van der Waals surface area contributed by atoms with Crippen molar-refractivity contribution in [3.05, 3.63) is 58.9 Å². The minimum absolute atomic E-state index is 0.532. The minimum Gasteiger partial charge on any atom is -0.496 e. The summed E-state index contributed by atoms with van der Waals surface area (Å²) in [7, 11) is 1.77. The Morgan fingerprint density at radius 2 is 1.82 bits per heavy atom. The molecule has 3 aromatic rings. The first-order chi connectivity index (χ1) is 16.2. The first kappa shape index (κ1) is 22.1. The summed E-state index contributed by atoms with van der Waals surface area (Å²) in [4.78, 5) is 12.7. The highest BCUT2D eigenvalue weighted by atomic mass is 16.5. The van der Waals surface area contributed by atoms with Gasteiger partial charge in [0.05, 0.1) is 12.6 Å². The molecule has 0 radical (unpaired) electrons. The van der Waals surface area contributed by atoms with Gasteiger partial charge in [-0.1, -0.05) is 25.1 Å². The molecular formula is C28H36N4O. The Labute approximate surface area is 197 Å². The molecule has 5 rings (SSSR count). The summed E-state index contributed by atoms with van der Waals surface area (Å²) in [5.41, 5.74) is 5.10. The van der Waals surface area contributed by atoms with E-state index >= 15 is 0 Å². The van der Waals surface area contributed by atoms with Gasteiger partial charge in [-0.15, -0.1) is 0 Å². The molecule has 0 unspecified atom stereocenters. The largest absolute Gasteiger partial charge is 0.496 e. The number of piperidine rings is 1. The molecule has 0 spiro atoms. The molecule has 1 aliphatic carbocycles. The van der Waals surface area contributed by atoms with E-state index < -0.39 is 0 Å². The lowest BCUT2D eigenvalue weighted by molar-refractivity contribution is 0.397. The number of ether oxygens (including phenoxy) is 1. The van der Waals surface area contributed by atoms with Crippen molar-refractivity contribution in [2.75, 3.05) is 31.6 Å². The zero-order valence-corrected chi connectivity index (χ0v) is 20.2. The maximum Gasteiger partial charge on any atom is 0.140 e. The van der Waals surface area contributed by atoms with Crippen LogP contribution in [0.3, 0.4) is 0 Å². The van der Waals surface area contributed by atoms with Crippen molar-refractivity contribution in [1.29, 1.82) is 0 Å². The van der Waals surface area contributed by atoms with Gasteiger partial charge in [-0.05, 0) is 86.4 Å². The summed E-state index contributed by atoms with van der Waals surface area (Å²) in [5.74, 6) is 4.27. The Bertz CT molecular complexity index is 1120. The highest BCUT2D eigenvalue weighted by Crippen LogP contribution is 2.41. The van der Waals surface area contributed by atoms with Crippen LogP contribution in [-0.2, 0) is 6.54 Å². The van der Waals surface area contributed by atoms with Gasteiger partial charge in [-0.25, -0.2) is 9.97 Å². The van der Waals surface area contributed by atoms with E-state index in [4.69, 9.17) is 14.7 Å². The molecule has 0 amide bonds. The average molecular weight is 445 g/mol. The van der Waals surface area contributed by atoms with E-state index in [-0.39, 0.29) is 0 Å². The zero-order valence-electron chi connectivity index (χ0n) is 20.2. The van der Waals surface area contributed by atoms with E-state index in [1.165, 1.54) is 34.9 Å². The Balaban J connectivity index is 1.44. The molecule has 1 aromatic heterocycles. The molecule has 33 heavy (non-hydrogen) atoms. The van der Waals surface area contributed by atoms with E-state index in [1.807, 2.05) is 0 Å². The third-order valence-electron chi connectivity index (χ3n) is 7.21. The summed E-state index contributed by atoms with van der Waals surface area (Å²) >= 11 is 0. The van der Waals surface area contributed by atoms with E-state index in [2.05, 4.69) is 60.5 Å². The normalized spacial score (nSPS) is 17.0. The third-order valence-corrected chi connectivity index (χ3v) is 7.21. The van der Waals surface area contributed by atoms with Crippen LogP contribution in [0.25, 0.3) is 10.9 Å². The first-order valence-corrected chi connectivity index (χ1v) is 12.6. The van der Waals surface area contributed by atoms with Crippen LogP contribution in [0.1, 0.15) is 73.4 Å². The van der Waals surface area contributed by atoms with E-state index in [0.29, 0.717) is 11.8 Å². The lowest BCUT2D eigenvalue weighted by Crippen LogP contribution is -2.34. The molecule has 1 aliphatic heterocycles. The van der Waals surface area contributed by atoms with Crippen LogP contribution < -0.4 is 15.0 Å². The molecule has 2 aliphatic rings. The van der Waals surface area contributed by atoms with Gasteiger partial charge in [0.1, 0.15) is 17.4 Å². The quantitative estimate of drug-likeness (QED) is 0.451. The van der Waals surface area contributed by atoms with Crippen LogP contribution in [0.15, 0.2) is 36.4 Å². The first-order valence-electron chi connectivity index (χ1n) is 12.6. The van der Waals surface area contributed by atoms with Gasteiger partial charge >= 0.3 is 0 Å². The van der Waals surface area contributed by atoms with Gasteiger partial charge < -0.3 is 15.0 Å². The maximum absolute atomic E-state index is 5.64. The number of anilines is 1. The molecule has 1 saturated carbocycles. The molecule has 1 saturated heterocycles. The predicted molar refractivity (Wildman–Crippen MR) is 135 cm³/mol. The summed E-state index contributed by atoms with van der Waals surface area (Å²) in [5, 5.41) is 4.77. The number of hydrogen-bond acceptors (Lipinski definition) is 5. The zero-order chi connectivity index (χ0) is 22.8. The number of benzene rings is 2. The van der Waals surface area contributed by atoms with Crippen molar-refractivity contribution >= 4 is 16.7 Å². The van der Waals surface area contributed by atoms with Crippen LogP contribution >= 0.6 is 0 Å². The second kappa shape index (κ2) is 9.68. The van der Waals surface area contributed by atoms with Crippen LogP contribution in [0.5, 0.6) is 5.75 Å². The number of hydrogen-bond donors (Lipinski definition) is 1. The molecule has 5 heteroatoms. The highest BCUT2D eigenvalue weighted by Gasteiger charge is 2.30. The number of aryl methyl sites for hydroxylation is 1. The second-order valence-electron chi connectivity index (χ2n) is 9.66. The minimum atomic E-state index is 0.532. The smallest absolute Gasteiger partial charge is 0.140 e.